The maximum atomic E-state index is 13.0. The molecule has 2 unspecified atom stereocenters. The van der Waals surface area contributed by atoms with Gasteiger partial charge in [0.1, 0.15) is 13.2 Å². The third kappa shape index (κ3) is 76.8. The zero-order chi connectivity index (χ0) is 70.4. The summed E-state index contributed by atoms with van der Waals surface area (Å²) in [5.41, 5.74) is 0. The smallest absolute Gasteiger partial charge is 0.361 e. The summed E-state index contributed by atoms with van der Waals surface area (Å²) >= 11 is 0. The number of likely N-dealkylation sites (N-methyl/N-ethyl adjacent to an activating group) is 1. The quantitative estimate of drug-likeness (QED) is 0.0211. The van der Waals surface area contributed by atoms with E-state index in [1.54, 1.807) is 0 Å². The highest BCUT2D eigenvalue weighted by Crippen LogP contribution is 2.15. The second-order valence-electron chi connectivity index (χ2n) is 25.5. The van der Waals surface area contributed by atoms with E-state index in [1.165, 1.54) is 44.9 Å². The number of rotatable bonds is 67. The number of allylic oxidation sites excluding steroid dienone is 36. The second-order valence-corrected chi connectivity index (χ2v) is 25.5. The van der Waals surface area contributed by atoms with Crippen LogP contribution >= 0.6 is 0 Å². The average Bonchev–Trinajstić information content (AvgIpc) is 2.39. The van der Waals surface area contributed by atoms with Gasteiger partial charge in [-0.25, -0.2) is 4.79 Å². The highest BCUT2D eigenvalue weighted by atomic mass is 16.7. The number of aliphatic carboxylic acids is 1. The molecule has 0 saturated heterocycles. The Morgan fingerprint density at radius 2 is 0.557 bits per heavy atom. The summed E-state index contributed by atoms with van der Waals surface area (Å²) in [5, 5.41) is 9.77. The van der Waals surface area contributed by atoms with Gasteiger partial charge in [-0.2, -0.15) is 0 Å². The lowest BCUT2D eigenvalue weighted by Crippen LogP contribution is -2.40. The molecule has 0 aromatic rings. The predicted molar refractivity (Wildman–Crippen MR) is 418 cm³/mol. The van der Waals surface area contributed by atoms with Crippen molar-refractivity contribution in [1.82, 2.24) is 0 Å². The molecule has 0 aliphatic heterocycles. The van der Waals surface area contributed by atoms with Gasteiger partial charge in [0.15, 0.2) is 6.10 Å². The topological polar surface area (TPSA) is 108 Å². The minimum Gasteiger partial charge on any atom is -0.477 e. The van der Waals surface area contributed by atoms with E-state index in [0.29, 0.717) is 23.9 Å². The molecule has 97 heavy (non-hydrogen) atoms. The molecule has 0 heterocycles. The number of ether oxygens (including phenoxy) is 4. The molecule has 2 atom stereocenters. The van der Waals surface area contributed by atoms with E-state index in [1.807, 2.05) is 21.1 Å². The Balaban J connectivity index is 4.21. The first-order valence-electron chi connectivity index (χ1n) is 37.9. The SMILES string of the molecule is CC/C=C\C/C=C\C/C=C\C/C=C\C/C=C\C/C=C\C/C=C\C/C=C\C/C=C\CCCCCCCCCCCCCC(=O)OC(COC(=O)CCCCCCC/C=C\C/C=C\C/C=C\C/C=C\C/C=C\C/C=C\C/C=C\C/C=C\C/C=C\CC)COC(OCC[N+](C)(C)C)C(=O)O. The van der Waals surface area contributed by atoms with Gasteiger partial charge in [-0.3, -0.25) is 9.59 Å². The van der Waals surface area contributed by atoms with Crippen LogP contribution < -0.4 is 0 Å². The fourth-order valence-electron chi connectivity index (χ4n) is 9.53. The fraction of sp³-hybridized carbons (Fsp3) is 0.557. The summed E-state index contributed by atoms with van der Waals surface area (Å²) in [7, 11) is 5.96. The lowest BCUT2D eigenvalue weighted by molar-refractivity contribution is -0.870. The lowest BCUT2D eigenvalue weighted by Gasteiger charge is -2.25. The van der Waals surface area contributed by atoms with Gasteiger partial charge < -0.3 is 28.5 Å². The van der Waals surface area contributed by atoms with E-state index in [-0.39, 0.29) is 38.6 Å². The fourth-order valence-corrected chi connectivity index (χ4v) is 9.53. The van der Waals surface area contributed by atoms with Crippen LogP contribution in [0.2, 0.25) is 0 Å². The largest absolute Gasteiger partial charge is 0.477 e. The van der Waals surface area contributed by atoms with Crippen molar-refractivity contribution in [3.05, 3.63) is 219 Å². The van der Waals surface area contributed by atoms with Crippen LogP contribution in [-0.2, 0) is 33.3 Å². The van der Waals surface area contributed by atoms with E-state index in [4.69, 9.17) is 18.9 Å². The molecule has 9 nitrogen and oxygen atoms in total. The Labute approximate surface area is 594 Å². The Hall–Kier alpha value is -6.39. The molecule has 0 bridgehead atoms. The first-order valence-corrected chi connectivity index (χ1v) is 37.9. The van der Waals surface area contributed by atoms with Gasteiger partial charge >= 0.3 is 17.9 Å². The van der Waals surface area contributed by atoms with Gasteiger partial charge in [0, 0.05) is 12.8 Å². The first-order chi connectivity index (χ1) is 47.6. The van der Waals surface area contributed by atoms with Crippen LogP contribution in [0.1, 0.15) is 258 Å². The molecule has 0 fully saturated rings. The molecule has 0 aliphatic rings. The molecule has 0 aromatic heterocycles. The number of carbonyl (C=O) groups excluding carboxylic acids is 2. The first kappa shape index (κ1) is 90.6. The summed E-state index contributed by atoms with van der Waals surface area (Å²) in [4.78, 5) is 37.7. The molecule has 0 amide bonds. The van der Waals surface area contributed by atoms with Crippen molar-refractivity contribution in [2.45, 2.75) is 270 Å². The summed E-state index contributed by atoms with van der Waals surface area (Å²) in [6.07, 6.45) is 116. The van der Waals surface area contributed by atoms with E-state index in [0.717, 1.165) is 173 Å². The molecular formula is C88H138NO8+. The van der Waals surface area contributed by atoms with Crippen LogP contribution in [-0.4, -0.2) is 87.4 Å². The molecule has 542 valence electrons. The normalized spacial score (nSPS) is 13.9. The summed E-state index contributed by atoms with van der Waals surface area (Å²) in [6, 6.07) is 0. The summed E-state index contributed by atoms with van der Waals surface area (Å²) < 4.78 is 23.0. The second kappa shape index (κ2) is 75.4. The third-order valence-electron chi connectivity index (χ3n) is 15.2. The van der Waals surface area contributed by atoms with E-state index >= 15 is 0 Å². The molecule has 0 rings (SSSR count). The molecular weight excluding hydrogens is 1200 g/mol. The Morgan fingerprint density at radius 3 is 0.825 bits per heavy atom. The number of carboxylic acids is 1. The van der Waals surface area contributed by atoms with Crippen LogP contribution in [0.3, 0.4) is 0 Å². The van der Waals surface area contributed by atoms with Gasteiger partial charge in [-0.15, -0.1) is 0 Å². The van der Waals surface area contributed by atoms with Crippen molar-refractivity contribution in [3.8, 4) is 0 Å². The molecule has 0 aliphatic carbocycles. The number of carboxylic acid groups (broad SMARTS) is 1. The Bertz CT molecular complexity index is 2400. The van der Waals surface area contributed by atoms with Crippen molar-refractivity contribution < 1.29 is 42.9 Å². The van der Waals surface area contributed by atoms with Gasteiger partial charge in [-0.05, 0) is 154 Å². The maximum Gasteiger partial charge on any atom is 0.361 e. The summed E-state index contributed by atoms with van der Waals surface area (Å²) in [5.74, 6) is -2.06. The Morgan fingerprint density at radius 1 is 0.309 bits per heavy atom. The van der Waals surface area contributed by atoms with E-state index < -0.39 is 24.3 Å². The standard InChI is InChI=1S/C88H137NO8/c1-6-8-10-12-14-16-18-20-22-24-26-28-30-32-34-36-38-40-41-42-43-44-45-47-49-51-53-55-57-59-61-63-65-67-69-71-73-75-77-79-86(91)97-84(83-96-88(87(92)93)94-81-80-89(3,4)5)82-95-85(90)78-76-74-72-70-68-66-64-62-60-58-56-54-52-50-48-46-39-37-35-33-31-29-27-25-23-21-19-17-15-13-11-9-7-2/h8-11,14-17,20-23,26-29,32-35,38-40,42-43,45-47,50-53,56,58,62,64,84,88H,6-7,12-13,18-19,24-25,30-31,36-37,41,44,48-49,54-55,57,59-61,63,65-83H2,1-5H3/p+1/b10-8-,11-9-,16-14-,17-15-,22-20-,23-21-,28-26-,29-27-,34-32-,35-33-,40-38-,43-42-,46-39-,47-45-,52-50-,53-51-,58-56-,64-62-. The van der Waals surface area contributed by atoms with Crippen molar-refractivity contribution in [2.24, 2.45) is 0 Å². The summed E-state index contributed by atoms with van der Waals surface area (Å²) in [6.45, 7) is 4.60. The van der Waals surface area contributed by atoms with Crippen molar-refractivity contribution in [2.75, 3.05) is 47.5 Å². The number of carbonyl (C=O) groups is 3. The van der Waals surface area contributed by atoms with E-state index in [9.17, 15) is 19.5 Å². The van der Waals surface area contributed by atoms with Gasteiger partial charge in [0.25, 0.3) is 6.29 Å². The average molecular weight is 1340 g/mol. The molecule has 1 N–H and O–H groups in total. The van der Waals surface area contributed by atoms with E-state index in [2.05, 4.69) is 233 Å². The number of hydrogen-bond donors (Lipinski definition) is 1. The van der Waals surface area contributed by atoms with Gasteiger partial charge in [0.2, 0.25) is 0 Å². The third-order valence-corrected chi connectivity index (χ3v) is 15.2. The zero-order valence-electron chi connectivity index (χ0n) is 61.9. The van der Waals surface area contributed by atoms with Crippen LogP contribution in [0, 0.1) is 0 Å². The van der Waals surface area contributed by atoms with Crippen LogP contribution in [0.15, 0.2) is 219 Å². The number of esters is 2. The van der Waals surface area contributed by atoms with Crippen molar-refractivity contribution >= 4 is 17.9 Å². The Kier molecular flexibility index (Phi) is 70.4. The highest BCUT2D eigenvalue weighted by Gasteiger charge is 2.25. The minimum atomic E-state index is -1.53. The molecule has 0 aromatic carbocycles. The maximum absolute atomic E-state index is 13.0. The van der Waals surface area contributed by atoms with Gasteiger partial charge in [-0.1, -0.05) is 310 Å². The predicted octanol–water partition coefficient (Wildman–Crippen LogP) is 24.5. The number of unbranched alkanes of at least 4 members (excludes halogenated alkanes) is 16. The highest BCUT2D eigenvalue weighted by molar-refractivity contribution is 5.71. The van der Waals surface area contributed by atoms with Crippen molar-refractivity contribution in [3.63, 3.8) is 0 Å². The minimum absolute atomic E-state index is 0.172. The number of quaternary nitrogens is 1. The van der Waals surface area contributed by atoms with Crippen LogP contribution in [0.4, 0.5) is 0 Å². The number of hydrogen-bond acceptors (Lipinski definition) is 7. The molecule has 0 radical (unpaired) electrons. The zero-order valence-corrected chi connectivity index (χ0v) is 61.9. The molecule has 9 heteroatoms. The monoisotopic (exact) mass is 1340 g/mol. The molecule has 0 saturated carbocycles. The van der Waals surface area contributed by atoms with Crippen LogP contribution in [0.5, 0.6) is 0 Å². The van der Waals surface area contributed by atoms with Crippen molar-refractivity contribution in [1.29, 1.82) is 0 Å². The number of nitrogens with zero attached hydrogens (tertiary/aromatic N) is 1. The molecule has 0 spiro atoms. The van der Waals surface area contributed by atoms with Crippen LogP contribution in [0.25, 0.3) is 0 Å². The van der Waals surface area contributed by atoms with Gasteiger partial charge in [0.05, 0.1) is 34.4 Å². The lowest BCUT2D eigenvalue weighted by atomic mass is 10.0.